The van der Waals surface area contributed by atoms with E-state index in [9.17, 15) is 4.79 Å². The van der Waals surface area contributed by atoms with Gasteiger partial charge in [-0.25, -0.2) is 0 Å². The molecule has 0 radical (unpaired) electrons. The summed E-state index contributed by atoms with van der Waals surface area (Å²) in [6.07, 6.45) is 0.383. The summed E-state index contributed by atoms with van der Waals surface area (Å²) in [5.74, 6) is 6.49. The summed E-state index contributed by atoms with van der Waals surface area (Å²) in [7, 11) is 0. The van der Waals surface area contributed by atoms with Crippen LogP contribution in [0.5, 0.6) is 0 Å². The lowest BCUT2D eigenvalue weighted by molar-refractivity contribution is 0.0979. The van der Waals surface area contributed by atoms with Crippen molar-refractivity contribution in [2.45, 2.75) is 12.3 Å². The maximum Gasteiger partial charge on any atom is 0.164 e. The summed E-state index contributed by atoms with van der Waals surface area (Å²) in [5, 5.41) is 0. The molecule has 0 N–H and O–H groups in total. The van der Waals surface area contributed by atoms with E-state index in [1.165, 1.54) is 0 Å². The number of Topliss-reactive ketones (excluding diaryl/α,β-unsaturated/α-hetero) is 1. The molecule has 116 valence electrons. The summed E-state index contributed by atoms with van der Waals surface area (Å²) < 4.78 is 0. The lowest BCUT2D eigenvalue weighted by Gasteiger charge is -2.10. The van der Waals surface area contributed by atoms with Crippen LogP contribution in [0.1, 0.15) is 33.8 Å². The van der Waals surface area contributed by atoms with Gasteiger partial charge < -0.3 is 0 Å². The highest BCUT2D eigenvalue weighted by Gasteiger charge is 2.15. The molecule has 0 spiro atoms. The van der Waals surface area contributed by atoms with Gasteiger partial charge in [0, 0.05) is 17.5 Å². The van der Waals surface area contributed by atoms with Crippen LogP contribution < -0.4 is 0 Å². The third kappa shape index (κ3) is 4.21. The molecule has 0 aliphatic carbocycles. The van der Waals surface area contributed by atoms with Crippen molar-refractivity contribution < 1.29 is 4.79 Å². The molecule has 0 fully saturated rings. The van der Waals surface area contributed by atoms with Crippen LogP contribution in [-0.4, -0.2) is 5.78 Å². The van der Waals surface area contributed by atoms with E-state index in [4.69, 9.17) is 0 Å². The van der Waals surface area contributed by atoms with Crippen LogP contribution in [0.3, 0.4) is 0 Å². The Morgan fingerprint density at radius 3 is 1.92 bits per heavy atom. The second-order valence-corrected chi connectivity index (χ2v) is 5.59. The van der Waals surface area contributed by atoms with E-state index in [2.05, 4.69) is 11.8 Å². The van der Waals surface area contributed by atoms with Crippen LogP contribution >= 0.6 is 0 Å². The van der Waals surface area contributed by atoms with Crippen molar-refractivity contribution in [1.82, 2.24) is 0 Å². The number of hydrogen-bond acceptors (Lipinski definition) is 1. The normalized spacial score (nSPS) is 11.2. The molecule has 0 aromatic heterocycles. The molecule has 1 nitrogen and oxygen atoms in total. The molecule has 1 atom stereocenters. The number of carbonyl (C=O) groups excluding carboxylic acids is 1. The number of ketones is 1. The SMILES string of the molecule is O=C(CC(C#Cc1ccccc1)c1ccccc1)c1ccccc1. The van der Waals surface area contributed by atoms with Gasteiger partial charge in [0.1, 0.15) is 0 Å². The predicted octanol–water partition coefficient (Wildman–Crippen LogP) is 5.09. The Balaban J connectivity index is 1.86. The molecule has 24 heavy (non-hydrogen) atoms. The number of benzene rings is 3. The molecule has 0 saturated heterocycles. The Hall–Kier alpha value is -3.11. The molecule has 0 heterocycles. The summed E-state index contributed by atoms with van der Waals surface area (Å²) >= 11 is 0. The Bertz CT molecular complexity index is 840. The number of hydrogen-bond donors (Lipinski definition) is 0. The summed E-state index contributed by atoms with van der Waals surface area (Å²) in [5.41, 5.74) is 2.77. The van der Waals surface area contributed by atoms with E-state index in [1.54, 1.807) is 0 Å². The Morgan fingerprint density at radius 1 is 0.750 bits per heavy atom. The van der Waals surface area contributed by atoms with Crippen LogP contribution in [0.15, 0.2) is 91.0 Å². The van der Waals surface area contributed by atoms with Gasteiger partial charge in [0.2, 0.25) is 0 Å². The fourth-order valence-corrected chi connectivity index (χ4v) is 2.56. The Kier molecular flexibility index (Phi) is 5.22. The monoisotopic (exact) mass is 310 g/mol. The van der Waals surface area contributed by atoms with Crippen LogP contribution in [0.25, 0.3) is 0 Å². The summed E-state index contributed by atoms with van der Waals surface area (Å²) in [4.78, 5) is 12.6. The maximum atomic E-state index is 12.6. The lowest BCUT2D eigenvalue weighted by atomic mass is 9.92. The molecule has 3 aromatic rings. The second kappa shape index (κ2) is 7.94. The minimum atomic E-state index is -0.112. The zero-order valence-corrected chi connectivity index (χ0v) is 13.4. The van der Waals surface area contributed by atoms with Crippen molar-refractivity contribution >= 4 is 5.78 Å². The largest absolute Gasteiger partial charge is 0.294 e. The van der Waals surface area contributed by atoms with Gasteiger partial charge in [-0.1, -0.05) is 90.7 Å². The van der Waals surface area contributed by atoms with Crippen LogP contribution in [0.4, 0.5) is 0 Å². The summed E-state index contributed by atoms with van der Waals surface area (Å²) in [6, 6.07) is 29.3. The predicted molar refractivity (Wildman–Crippen MR) is 97.9 cm³/mol. The van der Waals surface area contributed by atoms with Gasteiger partial charge in [-0.3, -0.25) is 4.79 Å². The minimum Gasteiger partial charge on any atom is -0.294 e. The molecule has 0 aliphatic heterocycles. The van der Waals surface area contributed by atoms with E-state index in [-0.39, 0.29) is 11.7 Å². The van der Waals surface area contributed by atoms with Crippen molar-refractivity contribution in [2.75, 3.05) is 0 Å². The van der Waals surface area contributed by atoms with Crippen LogP contribution in [0.2, 0.25) is 0 Å². The number of rotatable bonds is 4. The van der Waals surface area contributed by atoms with Gasteiger partial charge in [0.05, 0.1) is 5.92 Å². The average Bonchev–Trinajstić information content (AvgIpc) is 2.67. The zero-order valence-electron chi connectivity index (χ0n) is 13.4. The topological polar surface area (TPSA) is 17.1 Å². The molecule has 3 aromatic carbocycles. The maximum absolute atomic E-state index is 12.6. The quantitative estimate of drug-likeness (QED) is 0.484. The smallest absolute Gasteiger partial charge is 0.164 e. The first kappa shape index (κ1) is 15.8. The van der Waals surface area contributed by atoms with Crippen molar-refractivity contribution in [3.05, 3.63) is 108 Å². The first-order chi connectivity index (χ1) is 11.8. The third-order valence-corrected chi connectivity index (χ3v) is 3.85. The van der Waals surface area contributed by atoms with Crippen LogP contribution in [-0.2, 0) is 0 Å². The van der Waals surface area contributed by atoms with E-state index >= 15 is 0 Å². The average molecular weight is 310 g/mol. The highest BCUT2D eigenvalue weighted by atomic mass is 16.1. The van der Waals surface area contributed by atoms with Gasteiger partial charge in [-0.15, -0.1) is 0 Å². The molecule has 0 bridgehead atoms. The Morgan fingerprint density at radius 2 is 1.29 bits per heavy atom. The van der Waals surface area contributed by atoms with Crippen molar-refractivity contribution in [2.24, 2.45) is 0 Å². The fourth-order valence-electron chi connectivity index (χ4n) is 2.56. The highest BCUT2D eigenvalue weighted by molar-refractivity contribution is 5.96. The molecule has 0 amide bonds. The van der Waals surface area contributed by atoms with Gasteiger partial charge in [-0.2, -0.15) is 0 Å². The second-order valence-electron chi connectivity index (χ2n) is 5.59. The molecule has 1 unspecified atom stereocenters. The van der Waals surface area contributed by atoms with Gasteiger partial charge >= 0.3 is 0 Å². The zero-order chi connectivity index (χ0) is 16.6. The van der Waals surface area contributed by atoms with Gasteiger partial charge in [0.25, 0.3) is 0 Å². The van der Waals surface area contributed by atoms with Crippen LogP contribution in [0, 0.1) is 11.8 Å². The van der Waals surface area contributed by atoms with Crippen molar-refractivity contribution in [1.29, 1.82) is 0 Å². The third-order valence-electron chi connectivity index (χ3n) is 3.85. The van der Waals surface area contributed by atoms with Crippen molar-refractivity contribution in [3.63, 3.8) is 0 Å². The molecular formula is C23H18O. The van der Waals surface area contributed by atoms with E-state index < -0.39 is 0 Å². The standard InChI is InChI=1S/C23H18O/c24-23(21-14-8-3-9-15-21)18-22(20-12-6-2-7-13-20)17-16-19-10-4-1-5-11-19/h1-15,22H,18H2. The van der Waals surface area contributed by atoms with Gasteiger partial charge in [-0.05, 0) is 17.7 Å². The minimum absolute atomic E-state index is 0.112. The molecule has 1 heteroatoms. The first-order valence-electron chi connectivity index (χ1n) is 8.03. The first-order valence-corrected chi connectivity index (χ1v) is 8.03. The number of carbonyl (C=O) groups is 1. The summed E-state index contributed by atoms with van der Waals surface area (Å²) in [6.45, 7) is 0. The molecule has 0 saturated carbocycles. The Labute approximate surface area is 143 Å². The molecular weight excluding hydrogens is 292 g/mol. The lowest BCUT2D eigenvalue weighted by Crippen LogP contribution is -2.06. The van der Waals surface area contributed by atoms with E-state index in [0.717, 1.165) is 16.7 Å². The van der Waals surface area contributed by atoms with E-state index in [1.807, 2.05) is 91.0 Å². The van der Waals surface area contributed by atoms with Crippen molar-refractivity contribution in [3.8, 4) is 11.8 Å². The molecule has 0 aliphatic rings. The van der Waals surface area contributed by atoms with Gasteiger partial charge in [0.15, 0.2) is 5.78 Å². The fraction of sp³-hybridized carbons (Fsp3) is 0.0870. The van der Waals surface area contributed by atoms with E-state index in [0.29, 0.717) is 6.42 Å². The molecule has 3 rings (SSSR count). The highest BCUT2D eigenvalue weighted by Crippen LogP contribution is 2.21.